The van der Waals surface area contributed by atoms with Gasteiger partial charge in [0, 0.05) is 6.92 Å². The molecule has 0 bridgehead atoms. The van der Waals surface area contributed by atoms with E-state index in [4.69, 9.17) is 4.74 Å². The van der Waals surface area contributed by atoms with Crippen molar-refractivity contribution in [2.24, 2.45) is 4.99 Å². The SMILES string of the molecule is CC1=N[C@@H](C)[C@@H](c2ccccc2)O1. The Kier molecular flexibility index (Phi) is 2.05. The van der Waals surface area contributed by atoms with Crippen molar-refractivity contribution in [3.8, 4) is 0 Å². The first-order valence-electron chi connectivity index (χ1n) is 4.53. The van der Waals surface area contributed by atoms with Crippen molar-refractivity contribution in [2.75, 3.05) is 0 Å². The van der Waals surface area contributed by atoms with E-state index in [0.29, 0.717) is 0 Å². The van der Waals surface area contributed by atoms with E-state index in [9.17, 15) is 0 Å². The summed E-state index contributed by atoms with van der Waals surface area (Å²) in [7, 11) is 0. The Balaban J connectivity index is 2.21. The minimum Gasteiger partial charge on any atom is -0.471 e. The molecule has 1 aromatic rings. The lowest BCUT2D eigenvalue weighted by Gasteiger charge is -2.14. The van der Waals surface area contributed by atoms with E-state index >= 15 is 0 Å². The molecule has 1 aromatic carbocycles. The molecule has 68 valence electrons. The van der Waals surface area contributed by atoms with Crippen LogP contribution in [0.4, 0.5) is 0 Å². The van der Waals surface area contributed by atoms with Crippen LogP contribution >= 0.6 is 0 Å². The third kappa shape index (κ3) is 1.57. The van der Waals surface area contributed by atoms with Crippen LogP contribution < -0.4 is 0 Å². The molecule has 2 nitrogen and oxygen atoms in total. The summed E-state index contributed by atoms with van der Waals surface area (Å²) < 4.78 is 5.61. The number of hydrogen-bond acceptors (Lipinski definition) is 2. The van der Waals surface area contributed by atoms with Gasteiger partial charge in [0.05, 0.1) is 6.04 Å². The van der Waals surface area contributed by atoms with Gasteiger partial charge in [-0.25, -0.2) is 4.99 Å². The zero-order valence-corrected chi connectivity index (χ0v) is 7.90. The Bertz CT molecular complexity index is 318. The maximum atomic E-state index is 5.61. The fourth-order valence-corrected chi connectivity index (χ4v) is 1.66. The van der Waals surface area contributed by atoms with Crippen molar-refractivity contribution >= 4 is 5.90 Å². The Hall–Kier alpha value is -1.31. The average molecular weight is 175 g/mol. The molecule has 0 N–H and O–H groups in total. The number of aliphatic imine (C=N–C) groups is 1. The first-order valence-corrected chi connectivity index (χ1v) is 4.53. The summed E-state index contributed by atoms with van der Waals surface area (Å²) in [6, 6.07) is 10.5. The molecule has 2 heteroatoms. The molecule has 0 amide bonds. The van der Waals surface area contributed by atoms with Gasteiger partial charge in [0.2, 0.25) is 0 Å². The van der Waals surface area contributed by atoms with E-state index in [1.165, 1.54) is 5.56 Å². The van der Waals surface area contributed by atoms with Crippen LogP contribution in [0.25, 0.3) is 0 Å². The third-order valence-electron chi connectivity index (χ3n) is 2.25. The first-order chi connectivity index (χ1) is 6.27. The maximum Gasteiger partial charge on any atom is 0.181 e. The third-order valence-corrected chi connectivity index (χ3v) is 2.25. The lowest BCUT2D eigenvalue weighted by molar-refractivity contribution is 0.200. The molecule has 1 aliphatic rings. The second-order valence-electron chi connectivity index (χ2n) is 3.34. The molecule has 1 aliphatic heterocycles. The molecule has 0 radical (unpaired) electrons. The van der Waals surface area contributed by atoms with Crippen LogP contribution in [0.1, 0.15) is 25.5 Å². The number of ether oxygens (including phenoxy) is 1. The molecular weight excluding hydrogens is 162 g/mol. The second kappa shape index (κ2) is 3.21. The summed E-state index contributed by atoms with van der Waals surface area (Å²) in [5.74, 6) is 0.793. The molecule has 0 saturated carbocycles. The van der Waals surface area contributed by atoms with E-state index in [1.807, 2.05) is 25.1 Å². The van der Waals surface area contributed by atoms with Gasteiger partial charge in [-0.15, -0.1) is 0 Å². The summed E-state index contributed by atoms with van der Waals surface area (Å²) in [6.07, 6.45) is 0.112. The fraction of sp³-hybridized carbons (Fsp3) is 0.364. The van der Waals surface area contributed by atoms with Gasteiger partial charge < -0.3 is 4.74 Å². The number of rotatable bonds is 1. The van der Waals surface area contributed by atoms with Crippen molar-refractivity contribution in [3.63, 3.8) is 0 Å². The quantitative estimate of drug-likeness (QED) is 0.642. The Morgan fingerprint density at radius 2 is 1.92 bits per heavy atom. The molecule has 2 rings (SSSR count). The molecule has 2 atom stereocenters. The Morgan fingerprint density at radius 3 is 2.46 bits per heavy atom. The molecular formula is C11H13NO. The lowest BCUT2D eigenvalue weighted by Crippen LogP contribution is -2.09. The number of nitrogens with zero attached hydrogens (tertiary/aromatic N) is 1. The van der Waals surface area contributed by atoms with E-state index in [-0.39, 0.29) is 12.1 Å². The second-order valence-corrected chi connectivity index (χ2v) is 3.34. The Labute approximate surface area is 78.3 Å². The molecule has 0 aliphatic carbocycles. The molecule has 0 fully saturated rings. The van der Waals surface area contributed by atoms with Crippen LogP contribution in [-0.4, -0.2) is 11.9 Å². The van der Waals surface area contributed by atoms with Crippen LogP contribution in [0.5, 0.6) is 0 Å². The van der Waals surface area contributed by atoms with Gasteiger partial charge in [-0.3, -0.25) is 0 Å². The highest BCUT2D eigenvalue weighted by molar-refractivity contribution is 5.75. The summed E-state index contributed by atoms with van der Waals surface area (Å²) in [4.78, 5) is 4.34. The van der Waals surface area contributed by atoms with Crippen molar-refractivity contribution in [1.29, 1.82) is 0 Å². The predicted molar refractivity (Wildman–Crippen MR) is 52.8 cm³/mol. The maximum absolute atomic E-state index is 5.61. The average Bonchev–Trinajstić information content (AvgIpc) is 2.47. The number of benzene rings is 1. The summed E-state index contributed by atoms with van der Waals surface area (Å²) in [6.45, 7) is 3.98. The van der Waals surface area contributed by atoms with E-state index in [0.717, 1.165) is 5.90 Å². The van der Waals surface area contributed by atoms with E-state index in [2.05, 4.69) is 24.0 Å². The van der Waals surface area contributed by atoms with E-state index in [1.54, 1.807) is 0 Å². The van der Waals surface area contributed by atoms with Crippen molar-refractivity contribution in [2.45, 2.75) is 26.0 Å². The molecule has 13 heavy (non-hydrogen) atoms. The van der Waals surface area contributed by atoms with Crippen LogP contribution in [0.3, 0.4) is 0 Å². The Morgan fingerprint density at radius 1 is 1.23 bits per heavy atom. The largest absolute Gasteiger partial charge is 0.471 e. The number of hydrogen-bond donors (Lipinski definition) is 0. The van der Waals surface area contributed by atoms with Gasteiger partial charge in [-0.05, 0) is 12.5 Å². The monoisotopic (exact) mass is 175 g/mol. The van der Waals surface area contributed by atoms with Gasteiger partial charge in [-0.2, -0.15) is 0 Å². The fourth-order valence-electron chi connectivity index (χ4n) is 1.66. The van der Waals surface area contributed by atoms with Crippen LogP contribution in [0, 0.1) is 0 Å². The zero-order chi connectivity index (χ0) is 9.26. The molecule has 0 aromatic heterocycles. The molecule has 0 unspecified atom stereocenters. The smallest absolute Gasteiger partial charge is 0.181 e. The van der Waals surface area contributed by atoms with Crippen LogP contribution in [0.2, 0.25) is 0 Å². The molecule has 0 spiro atoms. The van der Waals surface area contributed by atoms with Crippen LogP contribution in [0.15, 0.2) is 35.3 Å². The van der Waals surface area contributed by atoms with Gasteiger partial charge in [0.25, 0.3) is 0 Å². The topological polar surface area (TPSA) is 21.6 Å². The van der Waals surface area contributed by atoms with Gasteiger partial charge in [0.15, 0.2) is 5.90 Å². The summed E-state index contributed by atoms with van der Waals surface area (Å²) in [5.41, 5.74) is 1.20. The predicted octanol–water partition coefficient (Wildman–Crippen LogP) is 2.56. The van der Waals surface area contributed by atoms with Crippen molar-refractivity contribution < 1.29 is 4.74 Å². The zero-order valence-electron chi connectivity index (χ0n) is 7.90. The van der Waals surface area contributed by atoms with E-state index < -0.39 is 0 Å². The van der Waals surface area contributed by atoms with Gasteiger partial charge in [0.1, 0.15) is 6.10 Å². The summed E-state index contributed by atoms with van der Waals surface area (Å²) >= 11 is 0. The van der Waals surface area contributed by atoms with Gasteiger partial charge in [-0.1, -0.05) is 30.3 Å². The first kappa shape index (κ1) is 8.30. The normalized spacial score (nSPS) is 26.8. The van der Waals surface area contributed by atoms with Crippen molar-refractivity contribution in [3.05, 3.63) is 35.9 Å². The molecule has 1 heterocycles. The minimum absolute atomic E-state index is 0.112. The highest BCUT2D eigenvalue weighted by atomic mass is 16.5. The van der Waals surface area contributed by atoms with Crippen LogP contribution in [-0.2, 0) is 4.74 Å². The highest BCUT2D eigenvalue weighted by Gasteiger charge is 2.26. The summed E-state index contributed by atoms with van der Waals surface area (Å²) in [5, 5.41) is 0. The van der Waals surface area contributed by atoms with Crippen molar-refractivity contribution in [1.82, 2.24) is 0 Å². The highest BCUT2D eigenvalue weighted by Crippen LogP contribution is 2.28. The van der Waals surface area contributed by atoms with Gasteiger partial charge >= 0.3 is 0 Å². The minimum atomic E-state index is 0.112. The lowest BCUT2D eigenvalue weighted by atomic mass is 10.0. The molecule has 0 saturated heterocycles. The standard InChI is InChI=1S/C11H13NO/c1-8-11(13-9(2)12-8)10-6-4-3-5-7-10/h3-8,11H,1-2H3/t8-,11-/m0/s1.